The first-order chi connectivity index (χ1) is 18.7. The second-order valence-corrected chi connectivity index (χ2v) is 11.6. The van der Waals surface area contributed by atoms with Crippen LogP contribution in [0.4, 0.5) is 4.39 Å². The van der Waals surface area contributed by atoms with Gasteiger partial charge in [0.05, 0.1) is 25.5 Å². The fraction of sp³-hybridized carbons (Fsp3) is 0.778. The second-order valence-electron chi connectivity index (χ2n) is 10.1. The number of aliphatic hydroxyl groups excluding tert-OH is 1. The number of phosphoric ester groups is 1. The highest BCUT2D eigenvalue weighted by Gasteiger charge is 2.37. The van der Waals surface area contributed by atoms with Gasteiger partial charge in [-0.25, -0.2) is 9.36 Å². The van der Waals surface area contributed by atoms with E-state index in [4.69, 9.17) is 13.8 Å². The van der Waals surface area contributed by atoms with Gasteiger partial charge in [-0.05, 0) is 32.1 Å². The number of allylic oxidation sites excluding steroid dienone is 2. The molecule has 2 heterocycles. The number of H-pyrrole nitrogens is 1. The van der Waals surface area contributed by atoms with Gasteiger partial charge in [0.2, 0.25) is 5.82 Å². The van der Waals surface area contributed by atoms with Crippen LogP contribution < -0.4 is 11.2 Å². The number of halogens is 1. The van der Waals surface area contributed by atoms with Gasteiger partial charge < -0.3 is 14.7 Å². The number of hydrogen-bond acceptors (Lipinski definition) is 7. The van der Waals surface area contributed by atoms with Crippen LogP contribution in [0.1, 0.15) is 109 Å². The predicted molar refractivity (Wildman–Crippen MR) is 147 cm³/mol. The van der Waals surface area contributed by atoms with Gasteiger partial charge in [-0.3, -0.25) is 23.4 Å². The molecule has 0 amide bonds. The average Bonchev–Trinajstić information content (AvgIpc) is 3.27. The first kappa shape index (κ1) is 33.6. The molecule has 1 unspecified atom stereocenters. The molecule has 1 fully saturated rings. The number of unbranched alkanes of at least 4 members (excludes halogenated alkanes) is 12. The third-order valence-corrected chi connectivity index (χ3v) is 7.74. The van der Waals surface area contributed by atoms with Gasteiger partial charge in [0, 0.05) is 6.42 Å². The summed E-state index contributed by atoms with van der Waals surface area (Å²) >= 11 is 0. The van der Waals surface area contributed by atoms with Crippen molar-refractivity contribution in [2.45, 2.75) is 122 Å². The van der Waals surface area contributed by atoms with Crippen molar-refractivity contribution in [3.05, 3.63) is 45.0 Å². The van der Waals surface area contributed by atoms with E-state index in [1.54, 1.807) is 0 Å². The zero-order valence-corrected chi connectivity index (χ0v) is 24.0. The molecule has 1 aliphatic rings. The third-order valence-electron chi connectivity index (χ3n) is 6.75. The number of nitrogens with zero attached hydrogens (tertiary/aromatic N) is 1. The Morgan fingerprint density at radius 2 is 1.62 bits per heavy atom. The number of aromatic nitrogens is 2. The molecule has 0 radical (unpaired) electrons. The van der Waals surface area contributed by atoms with E-state index in [2.05, 4.69) is 19.1 Å². The Kier molecular flexibility index (Phi) is 16.1. The number of phosphoric acid groups is 1. The molecule has 39 heavy (non-hydrogen) atoms. The minimum absolute atomic E-state index is 0.0672. The summed E-state index contributed by atoms with van der Waals surface area (Å²) in [5, 5.41) is 10.2. The summed E-state index contributed by atoms with van der Waals surface area (Å²) in [7, 11) is -4.35. The van der Waals surface area contributed by atoms with Gasteiger partial charge in [-0.15, -0.1) is 0 Å². The predicted octanol–water partition coefficient (Wildman–Crippen LogP) is 5.50. The van der Waals surface area contributed by atoms with Crippen LogP contribution in [0.5, 0.6) is 0 Å². The maximum absolute atomic E-state index is 13.5. The first-order valence-corrected chi connectivity index (χ1v) is 15.8. The van der Waals surface area contributed by atoms with Gasteiger partial charge in [0.15, 0.2) is 0 Å². The van der Waals surface area contributed by atoms with Crippen LogP contribution in [-0.2, 0) is 18.3 Å². The van der Waals surface area contributed by atoms with E-state index < -0.39 is 49.9 Å². The molecule has 4 atom stereocenters. The van der Waals surface area contributed by atoms with Crippen molar-refractivity contribution in [3.8, 4) is 0 Å². The fourth-order valence-electron chi connectivity index (χ4n) is 4.44. The van der Waals surface area contributed by atoms with Gasteiger partial charge in [-0.1, -0.05) is 76.9 Å². The van der Waals surface area contributed by atoms with E-state index in [0.29, 0.717) is 12.6 Å². The molecule has 0 bridgehead atoms. The normalized spacial score (nSPS) is 21.1. The Bertz CT molecular complexity index is 1010. The van der Waals surface area contributed by atoms with Gasteiger partial charge >= 0.3 is 13.5 Å². The van der Waals surface area contributed by atoms with E-state index in [9.17, 15) is 28.5 Å². The zero-order chi connectivity index (χ0) is 28.5. The molecule has 1 aromatic rings. The van der Waals surface area contributed by atoms with E-state index in [1.165, 1.54) is 51.4 Å². The molecule has 1 aromatic heterocycles. The van der Waals surface area contributed by atoms with Gasteiger partial charge in [0.1, 0.15) is 12.3 Å². The highest BCUT2D eigenvalue weighted by atomic mass is 31.2. The van der Waals surface area contributed by atoms with Crippen molar-refractivity contribution in [2.75, 3.05) is 13.2 Å². The quantitative estimate of drug-likeness (QED) is 0.0991. The maximum atomic E-state index is 13.5. The van der Waals surface area contributed by atoms with Crippen LogP contribution >= 0.6 is 7.82 Å². The number of rotatable bonds is 21. The molecule has 0 spiro atoms. The van der Waals surface area contributed by atoms with Gasteiger partial charge in [-0.2, -0.15) is 4.39 Å². The summed E-state index contributed by atoms with van der Waals surface area (Å²) in [5.74, 6) is -1.17. The van der Waals surface area contributed by atoms with E-state index in [-0.39, 0.29) is 13.0 Å². The monoisotopic (exact) mass is 576 g/mol. The first-order valence-electron chi connectivity index (χ1n) is 14.3. The van der Waals surface area contributed by atoms with Crippen molar-refractivity contribution in [1.82, 2.24) is 9.55 Å². The highest BCUT2D eigenvalue weighted by Crippen LogP contribution is 2.44. The van der Waals surface area contributed by atoms with Crippen molar-refractivity contribution in [2.24, 2.45) is 0 Å². The molecular formula is C27H46FN2O8P. The molecule has 1 aliphatic heterocycles. The van der Waals surface area contributed by atoms with E-state index in [1.807, 2.05) is 4.98 Å². The Morgan fingerprint density at radius 3 is 2.26 bits per heavy atom. The summed E-state index contributed by atoms with van der Waals surface area (Å²) in [6.07, 6.45) is 18.2. The van der Waals surface area contributed by atoms with Crippen molar-refractivity contribution < 1.29 is 32.7 Å². The smallest absolute Gasteiger partial charge is 0.390 e. The summed E-state index contributed by atoms with van der Waals surface area (Å²) in [6, 6.07) is 0. The fourth-order valence-corrected chi connectivity index (χ4v) is 5.21. The van der Waals surface area contributed by atoms with Crippen LogP contribution in [0, 0.1) is 5.82 Å². The van der Waals surface area contributed by atoms with Crippen LogP contribution in [0.2, 0.25) is 0 Å². The summed E-state index contributed by atoms with van der Waals surface area (Å²) < 4.78 is 41.9. The van der Waals surface area contributed by atoms with Crippen molar-refractivity contribution in [3.63, 3.8) is 0 Å². The summed E-state index contributed by atoms with van der Waals surface area (Å²) in [4.78, 5) is 34.8. The van der Waals surface area contributed by atoms with Gasteiger partial charge in [0.25, 0.3) is 5.56 Å². The lowest BCUT2D eigenvalue weighted by Gasteiger charge is -2.18. The number of nitrogens with one attached hydrogen (secondary N) is 1. The summed E-state index contributed by atoms with van der Waals surface area (Å²) in [6.45, 7) is 1.85. The molecule has 2 rings (SSSR count). The maximum Gasteiger partial charge on any atom is 0.472 e. The Labute approximate surface area is 230 Å². The SMILES string of the molecule is CCCCCCCC/C=C\CCCCCCCCOP(=O)(O)OC[C@H]1O[C@@H](n2cc(F)c(=O)[nH]c2=O)C[C@@H]1O. The Hall–Kier alpha value is -1.62. The minimum atomic E-state index is -4.35. The van der Waals surface area contributed by atoms with Crippen LogP contribution in [0.25, 0.3) is 0 Å². The summed E-state index contributed by atoms with van der Waals surface area (Å²) in [5.41, 5.74) is -2.05. The molecular weight excluding hydrogens is 530 g/mol. The molecule has 0 aliphatic carbocycles. The number of aromatic amines is 1. The molecule has 0 aromatic carbocycles. The molecule has 224 valence electrons. The molecule has 3 N–H and O–H groups in total. The second kappa shape index (κ2) is 18.7. The lowest BCUT2D eigenvalue weighted by molar-refractivity contribution is -0.0468. The van der Waals surface area contributed by atoms with Crippen molar-refractivity contribution >= 4 is 7.82 Å². The topological polar surface area (TPSA) is 140 Å². The highest BCUT2D eigenvalue weighted by molar-refractivity contribution is 7.47. The third kappa shape index (κ3) is 13.5. The standard InChI is InChI=1S/C27H46FN2O8P/c1-2-3-4-5-6-7-8-9-10-11-12-13-14-15-16-17-18-36-39(34,35)37-21-24-23(31)19-25(38-24)30-20-22(28)26(32)29-27(30)33/h9-10,20,23-25,31H,2-8,11-19,21H2,1H3,(H,34,35)(H,29,32,33)/b10-9-/t23-,24+,25+/m0/s1. The lowest BCUT2D eigenvalue weighted by atomic mass is 10.1. The average molecular weight is 577 g/mol. The number of aliphatic hydroxyl groups is 1. The molecule has 12 heteroatoms. The van der Waals surface area contributed by atoms with Crippen molar-refractivity contribution in [1.29, 1.82) is 0 Å². The Balaban J connectivity index is 1.50. The molecule has 1 saturated heterocycles. The lowest BCUT2D eigenvalue weighted by Crippen LogP contribution is -2.34. The minimum Gasteiger partial charge on any atom is -0.390 e. The zero-order valence-electron chi connectivity index (χ0n) is 23.1. The largest absolute Gasteiger partial charge is 0.472 e. The van der Waals surface area contributed by atoms with Crippen LogP contribution in [-0.4, -0.2) is 45.0 Å². The number of ether oxygens (including phenoxy) is 1. The van der Waals surface area contributed by atoms with Crippen LogP contribution in [0.3, 0.4) is 0 Å². The molecule has 0 saturated carbocycles. The van der Waals surface area contributed by atoms with Crippen LogP contribution in [0.15, 0.2) is 27.9 Å². The Morgan fingerprint density at radius 1 is 1.03 bits per heavy atom. The van der Waals surface area contributed by atoms with E-state index in [0.717, 1.165) is 36.7 Å². The van der Waals surface area contributed by atoms with E-state index >= 15 is 0 Å². The number of hydrogen-bond donors (Lipinski definition) is 3. The molecule has 10 nitrogen and oxygen atoms in total.